The predicted molar refractivity (Wildman–Crippen MR) is 51.9 cm³/mol. The van der Waals surface area contributed by atoms with E-state index in [2.05, 4.69) is 15.9 Å². The van der Waals surface area contributed by atoms with Crippen molar-refractivity contribution >= 4 is 15.9 Å². The normalized spacial score (nSPS) is 14.1. The Hall–Kier alpha value is -0.550. The maximum absolute atomic E-state index is 12.1. The van der Waals surface area contributed by atoms with Crippen LogP contribution in [0.5, 0.6) is 0 Å². The number of benzene rings is 1. The van der Waals surface area contributed by atoms with Crippen molar-refractivity contribution in [3.05, 3.63) is 34.3 Å². The summed E-state index contributed by atoms with van der Waals surface area (Å²) in [5.74, 6) is 0. The Morgan fingerprint density at radius 2 is 1.86 bits per heavy atom. The molecule has 0 spiro atoms. The van der Waals surface area contributed by atoms with E-state index in [-0.39, 0.29) is 6.42 Å². The van der Waals surface area contributed by atoms with Gasteiger partial charge in [0.15, 0.2) is 0 Å². The van der Waals surface area contributed by atoms with E-state index in [0.29, 0.717) is 10.0 Å². The quantitative estimate of drug-likeness (QED) is 0.876. The van der Waals surface area contributed by atoms with Gasteiger partial charge in [-0.15, -0.1) is 0 Å². The fraction of sp³-hybridized carbons (Fsp3) is 0.333. The van der Waals surface area contributed by atoms with E-state index in [0.717, 1.165) is 0 Å². The first kappa shape index (κ1) is 11.5. The molecule has 0 amide bonds. The molecule has 1 aromatic rings. The van der Waals surface area contributed by atoms with Crippen LogP contribution in [0.3, 0.4) is 0 Å². The van der Waals surface area contributed by atoms with Gasteiger partial charge in [0.2, 0.25) is 0 Å². The van der Waals surface area contributed by atoms with E-state index in [1.165, 1.54) is 0 Å². The van der Waals surface area contributed by atoms with Crippen LogP contribution in [0, 0.1) is 0 Å². The minimum atomic E-state index is -4.34. The number of nitrogens with two attached hydrogens (primary N) is 1. The number of hydrogen-bond donors (Lipinski definition) is 1. The highest BCUT2D eigenvalue weighted by atomic mass is 79.9. The molecule has 1 nitrogen and oxygen atoms in total. The van der Waals surface area contributed by atoms with E-state index < -0.39 is 12.2 Å². The molecule has 1 rings (SSSR count). The summed E-state index contributed by atoms with van der Waals surface area (Å²) in [5, 5.41) is 0. The summed E-state index contributed by atoms with van der Waals surface area (Å²) >= 11 is 3.17. The minimum absolute atomic E-state index is 0.203. The van der Waals surface area contributed by atoms with Crippen LogP contribution in [0.2, 0.25) is 0 Å². The van der Waals surface area contributed by atoms with E-state index in [1.54, 1.807) is 24.3 Å². The highest BCUT2D eigenvalue weighted by Gasteiger charge is 2.36. The van der Waals surface area contributed by atoms with Gasteiger partial charge in [-0.25, -0.2) is 0 Å². The zero-order valence-electron chi connectivity index (χ0n) is 7.18. The fourth-order valence-corrected chi connectivity index (χ4v) is 1.46. The van der Waals surface area contributed by atoms with Crippen LogP contribution < -0.4 is 5.73 Å². The highest BCUT2D eigenvalue weighted by molar-refractivity contribution is 9.10. The van der Waals surface area contributed by atoms with Gasteiger partial charge in [-0.05, 0) is 18.1 Å². The molecule has 0 saturated carbocycles. The first-order valence-electron chi connectivity index (χ1n) is 3.97. The molecular formula is C9H9BrF3N. The van der Waals surface area contributed by atoms with Gasteiger partial charge in [-0.3, -0.25) is 0 Å². The Morgan fingerprint density at radius 3 is 2.36 bits per heavy atom. The van der Waals surface area contributed by atoms with Crippen LogP contribution in [-0.2, 0) is 6.42 Å². The van der Waals surface area contributed by atoms with E-state index in [1.807, 2.05) is 0 Å². The number of rotatable bonds is 2. The molecule has 1 atom stereocenters. The second-order valence-corrected chi connectivity index (χ2v) is 3.80. The summed E-state index contributed by atoms with van der Waals surface area (Å²) in [6, 6.07) is 4.94. The topological polar surface area (TPSA) is 26.0 Å². The molecule has 5 heteroatoms. The molecule has 0 aromatic heterocycles. The lowest BCUT2D eigenvalue weighted by Crippen LogP contribution is -2.39. The van der Waals surface area contributed by atoms with Gasteiger partial charge in [-0.2, -0.15) is 13.2 Å². The van der Waals surface area contributed by atoms with E-state index in [9.17, 15) is 13.2 Å². The van der Waals surface area contributed by atoms with Gasteiger partial charge in [-0.1, -0.05) is 34.1 Å². The largest absolute Gasteiger partial charge is 0.403 e. The maximum Gasteiger partial charge on any atom is 0.403 e. The third-order valence-electron chi connectivity index (χ3n) is 1.82. The lowest BCUT2D eigenvalue weighted by molar-refractivity contribution is -0.147. The zero-order valence-corrected chi connectivity index (χ0v) is 8.77. The maximum atomic E-state index is 12.1. The molecule has 0 aliphatic carbocycles. The summed E-state index contributed by atoms with van der Waals surface area (Å²) in [5.41, 5.74) is 5.57. The van der Waals surface area contributed by atoms with Crippen LogP contribution >= 0.6 is 15.9 Å². The lowest BCUT2D eigenvalue weighted by Gasteiger charge is -2.15. The van der Waals surface area contributed by atoms with Gasteiger partial charge in [0, 0.05) is 4.47 Å². The molecular weight excluding hydrogens is 259 g/mol. The van der Waals surface area contributed by atoms with Gasteiger partial charge >= 0.3 is 6.18 Å². The molecule has 0 aliphatic rings. The van der Waals surface area contributed by atoms with Crippen LogP contribution in [0.15, 0.2) is 28.7 Å². The van der Waals surface area contributed by atoms with Crippen molar-refractivity contribution in [1.82, 2.24) is 0 Å². The van der Waals surface area contributed by atoms with E-state index >= 15 is 0 Å². The summed E-state index contributed by atoms with van der Waals surface area (Å²) in [7, 11) is 0. The van der Waals surface area contributed by atoms with Crippen LogP contribution in [0.25, 0.3) is 0 Å². The van der Waals surface area contributed by atoms with Gasteiger partial charge in [0.1, 0.15) is 6.04 Å². The number of alkyl halides is 3. The second-order valence-electron chi connectivity index (χ2n) is 2.94. The van der Waals surface area contributed by atoms with Crippen molar-refractivity contribution in [3.8, 4) is 0 Å². The van der Waals surface area contributed by atoms with Crippen LogP contribution in [0.4, 0.5) is 13.2 Å². The molecule has 0 heterocycles. The molecule has 14 heavy (non-hydrogen) atoms. The average molecular weight is 268 g/mol. The molecule has 78 valence electrons. The summed E-state index contributed by atoms with van der Waals surface area (Å²) < 4.78 is 37.0. The molecule has 2 N–H and O–H groups in total. The summed E-state index contributed by atoms with van der Waals surface area (Å²) in [4.78, 5) is 0. The van der Waals surface area contributed by atoms with Crippen molar-refractivity contribution < 1.29 is 13.2 Å². The molecule has 0 bridgehead atoms. The molecule has 0 radical (unpaired) electrons. The molecule has 1 unspecified atom stereocenters. The second kappa shape index (κ2) is 4.31. The Kier molecular flexibility index (Phi) is 3.55. The number of hydrogen-bond acceptors (Lipinski definition) is 1. The molecule has 0 aliphatic heterocycles. The molecule has 0 saturated heterocycles. The van der Waals surface area contributed by atoms with Crippen molar-refractivity contribution in [1.29, 1.82) is 0 Å². The van der Waals surface area contributed by atoms with Gasteiger partial charge < -0.3 is 5.73 Å². The Labute approximate surface area is 88.2 Å². The van der Waals surface area contributed by atoms with Crippen molar-refractivity contribution in [3.63, 3.8) is 0 Å². The molecule has 1 aromatic carbocycles. The smallest absolute Gasteiger partial charge is 0.320 e. The standard InChI is InChI=1S/C9H9BrF3N/c10-7-4-2-1-3-6(7)5-8(14)9(11,12)13/h1-4,8H,5,14H2. The van der Waals surface area contributed by atoms with Crippen LogP contribution in [0.1, 0.15) is 5.56 Å². The number of halogens is 4. The SMILES string of the molecule is NC(Cc1ccccc1Br)C(F)(F)F. The molecule has 0 fully saturated rings. The Morgan fingerprint density at radius 1 is 1.29 bits per heavy atom. The average Bonchev–Trinajstić information content (AvgIpc) is 2.07. The summed E-state index contributed by atoms with van der Waals surface area (Å²) in [6.45, 7) is 0. The first-order chi connectivity index (χ1) is 6.41. The van der Waals surface area contributed by atoms with Gasteiger partial charge in [0.25, 0.3) is 0 Å². The van der Waals surface area contributed by atoms with E-state index in [4.69, 9.17) is 5.73 Å². The Bertz CT molecular complexity index is 311. The summed E-state index contributed by atoms with van der Waals surface area (Å²) in [6.07, 6.45) is -4.54. The minimum Gasteiger partial charge on any atom is -0.320 e. The first-order valence-corrected chi connectivity index (χ1v) is 4.76. The van der Waals surface area contributed by atoms with Crippen LogP contribution in [-0.4, -0.2) is 12.2 Å². The van der Waals surface area contributed by atoms with Gasteiger partial charge in [0.05, 0.1) is 0 Å². The monoisotopic (exact) mass is 267 g/mol. The zero-order chi connectivity index (χ0) is 10.8. The Balaban J connectivity index is 2.75. The third-order valence-corrected chi connectivity index (χ3v) is 2.59. The predicted octanol–water partition coefficient (Wildman–Crippen LogP) is 2.88. The lowest BCUT2D eigenvalue weighted by atomic mass is 10.1. The van der Waals surface area contributed by atoms with Crippen molar-refractivity contribution in [2.75, 3.05) is 0 Å². The van der Waals surface area contributed by atoms with Crippen molar-refractivity contribution in [2.45, 2.75) is 18.6 Å². The third kappa shape index (κ3) is 2.99. The highest BCUT2D eigenvalue weighted by Crippen LogP contribution is 2.24. The van der Waals surface area contributed by atoms with Crippen molar-refractivity contribution in [2.24, 2.45) is 5.73 Å². The fourth-order valence-electron chi connectivity index (χ4n) is 1.02.